The summed E-state index contributed by atoms with van der Waals surface area (Å²) >= 11 is 0. The molecule has 2 atom stereocenters. The molecule has 0 aliphatic heterocycles. The van der Waals surface area contributed by atoms with Crippen LogP contribution in [-0.4, -0.2) is 47.4 Å². The molecule has 3 N–H and O–H groups in total. The van der Waals surface area contributed by atoms with Gasteiger partial charge in [0.1, 0.15) is 0 Å². The molecule has 0 spiro atoms. The van der Waals surface area contributed by atoms with E-state index in [1.54, 1.807) is 6.08 Å². The Morgan fingerprint density at radius 3 is 1.08 bits per heavy atom. The zero-order chi connectivity index (χ0) is 47.9. The first-order valence-electron chi connectivity index (χ1n) is 29.6. The third-order valence-electron chi connectivity index (χ3n) is 13.7. The molecule has 0 fully saturated rings. The Bertz CT molecular complexity index is 1030. The highest BCUT2D eigenvalue weighted by Crippen LogP contribution is 2.17. The van der Waals surface area contributed by atoms with Crippen LogP contribution < -0.4 is 5.32 Å². The molecule has 0 rings (SSSR count). The predicted octanol–water partition coefficient (Wildman–Crippen LogP) is 18.2. The fourth-order valence-electron chi connectivity index (χ4n) is 9.16. The van der Waals surface area contributed by atoms with E-state index in [-0.39, 0.29) is 18.5 Å². The van der Waals surface area contributed by atoms with Crippen LogP contribution in [0, 0.1) is 0 Å². The van der Waals surface area contributed by atoms with E-state index in [1.807, 2.05) is 6.08 Å². The van der Waals surface area contributed by atoms with Crippen molar-refractivity contribution < 1.29 is 24.5 Å². The third kappa shape index (κ3) is 51.7. The first-order chi connectivity index (χ1) is 32.5. The Kier molecular flexibility index (Phi) is 54.5. The zero-order valence-electron chi connectivity index (χ0n) is 44.4. The molecule has 0 aromatic carbocycles. The Hall–Kier alpha value is -1.66. The Labute approximate surface area is 411 Å². The number of ether oxygens (including phenoxy) is 1. The number of esters is 1. The summed E-state index contributed by atoms with van der Waals surface area (Å²) in [6.45, 7) is 4.89. The van der Waals surface area contributed by atoms with E-state index < -0.39 is 12.1 Å². The van der Waals surface area contributed by atoms with Crippen LogP contribution in [0.15, 0.2) is 24.3 Å². The SMILES string of the molecule is CCCCCCCCCC/C=C/C(O)C(CO)NC(=O)CCCCCCCCC/C=C\CCCCCCCCCCCCCCOC(=O)CCCCCCCCCCCCCCCCCC. The summed E-state index contributed by atoms with van der Waals surface area (Å²) < 4.78 is 5.49. The summed E-state index contributed by atoms with van der Waals surface area (Å²) in [4.78, 5) is 24.5. The quantitative estimate of drug-likeness (QED) is 0.0321. The van der Waals surface area contributed by atoms with Gasteiger partial charge in [-0.05, 0) is 57.8 Å². The van der Waals surface area contributed by atoms with Crippen LogP contribution in [0.5, 0.6) is 0 Å². The first-order valence-corrected chi connectivity index (χ1v) is 29.6. The van der Waals surface area contributed by atoms with Gasteiger partial charge in [0.25, 0.3) is 0 Å². The molecule has 6 heteroatoms. The molecule has 0 saturated heterocycles. The van der Waals surface area contributed by atoms with Gasteiger partial charge in [0.2, 0.25) is 5.91 Å². The lowest BCUT2D eigenvalue weighted by Crippen LogP contribution is -2.45. The predicted molar refractivity (Wildman–Crippen MR) is 287 cm³/mol. The summed E-state index contributed by atoms with van der Waals surface area (Å²) in [6.07, 6.45) is 67.9. The standard InChI is InChI=1S/C60H115NO5/c1-3-5-7-9-11-13-15-16-17-28-31-34-38-42-46-50-54-60(65)66-55-51-47-43-39-35-32-29-26-24-22-20-18-19-21-23-25-27-30-33-37-41-45-49-53-59(64)61-57(56-62)58(63)52-48-44-40-36-14-12-10-8-6-4-2/h21,23,48,52,57-58,62-63H,3-20,22,24-47,49-51,53-56H2,1-2H3,(H,61,64)/b23-21-,52-48+. The first kappa shape index (κ1) is 64.3. The monoisotopic (exact) mass is 930 g/mol. The molecule has 6 nitrogen and oxygen atoms in total. The van der Waals surface area contributed by atoms with Crippen LogP contribution >= 0.6 is 0 Å². The van der Waals surface area contributed by atoms with Gasteiger partial charge in [-0.3, -0.25) is 9.59 Å². The fourth-order valence-corrected chi connectivity index (χ4v) is 9.16. The van der Waals surface area contributed by atoms with Gasteiger partial charge in [-0.2, -0.15) is 0 Å². The van der Waals surface area contributed by atoms with Crippen molar-refractivity contribution in [2.45, 2.75) is 334 Å². The molecule has 0 saturated carbocycles. The van der Waals surface area contributed by atoms with Crippen molar-refractivity contribution in [3.63, 3.8) is 0 Å². The van der Waals surface area contributed by atoms with E-state index in [2.05, 4.69) is 31.3 Å². The van der Waals surface area contributed by atoms with Crippen LogP contribution in [0.25, 0.3) is 0 Å². The molecule has 0 aromatic heterocycles. The van der Waals surface area contributed by atoms with Crippen molar-refractivity contribution in [2.24, 2.45) is 0 Å². The van der Waals surface area contributed by atoms with Crippen LogP contribution in [0.1, 0.15) is 322 Å². The number of amides is 1. The van der Waals surface area contributed by atoms with E-state index in [4.69, 9.17) is 4.74 Å². The minimum atomic E-state index is -0.846. The Morgan fingerprint density at radius 2 is 0.712 bits per heavy atom. The molecule has 0 bridgehead atoms. The van der Waals surface area contributed by atoms with Gasteiger partial charge < -0.3 is 20.3 Å². The van der Waals surface area contributed by atoms with Gasteiger partial charge in [0.15, 0.2) is 0 Å². The topological polar surface area (TPSA) is 95.9 Å². The largest absolute Gasteiger partial charge is 0.466 e. The van der Waals surface area contributed by atoms with Crippen LogP contribution in [0.4, 0.5) is 0 Å². The number of rotatable bonds is 55. The molecule has 0 aromatic rings. The third-order valence-corrected chi connectivity index (χ3v) is 13.7. The smallest absolute Gasteiger partial charge is 0.305 e. The summed E-state index contributed by atoms with van der Waals surface area (Å²) in [5.74, 6) is -0.0613. The highest BCUT2D eigenvalue weighted by atomic mass is 16.5. The maximum atomic E-state index is 12.4. The second kappa shape index (κ2) is 55.9. The van der Waals surface area contributed by atoms with Gasteiger partial charge in [0.05, 0.1) is 25.4 Å². The lowest BCUT2D eigenvalue weighted by atomic mass is 10.0. The van der Waals surface area contributed by atoms with Crippen LogP contribution in [0.2, 0.25) is 0 Å². The average Bonchev–Trinajstić information content (AvgIpc) is 3.32. The summed E-state index contributed by atoms with van der Waals surface area (Å²) in [6, 6.07) is -0.630. The molecule has 66 heavy (non-hydrogen) atoms. The molecule has 0 aliphatic rings. The van der Waals surface area contributed by atoms with Crippen molar-refractivity contribution in [2.75, 3.05) is 13.2 Å². The summed E-state index contributed by atoms with van der Waals surface area (Å²) in [7, 11) is 0. The van der Waals surface area contributed by atoms with Gasteiger partial charge in [-0.15, -0.1) is 0 Å². The van der Waals surface area contributed by atoms with E-state index in [1.165, 1.54) is 250 Å². The van der Waals surface area contributed by atoms with E-state index in [0.29, 0.717) is 19.4 Å². The maximum absolute atomic E-state index is 12.4. The van der Waals surface area contributed by atoms with E-state index >= 15 is 0 Å². The lowest BCUT2D eigenvalue weighted by Gasteiger charge is -2.20. The fraction of sp³-hybridized carbons (Fsp3) is 0.900. The lowest BCUT2D eigenvalue weighted by molar-refractivity contribution is -0.143. The number of unbranched alkanes of at least 4 members (excludes halogenated alkanes) is 42. The highest BCUT2D eigenvalue weighted by Gasteiger charge is 2.18. The van der Waals surface area contributed by atoms with E-state index in [9.17, 15) is 19.8 Å². The molecular weight excluding hydrogens is 815 g/mol. The van der Waals surface area contributed by atoms with Gasteiger partial charge in [-0.1, -0.05) is 276 Å². The number of allylic oxidation sites excluding steroid dienone is 3. The summed E-state index contributed by atoms with van der Waals surface area (Å²) in [5, 5.41) is 23.0. The summed E-state index contributed by atoms with van der Waals surface area (Å²) in [5.41, 5.74) is 0. The normalized spacial score (nSPS) is 12.7. The molecule has 0 heterocycles. The molecule has 0 radical (unpaired) electrons. The molecule has 2 unspecified atom stereocenters. The zero-order valence-corrected chi connectivity index (χ0v) is 44.4. The minimum Gasteiger partial charge on any atom is -0.466 e. The van der Waals surface area contributed by atoms with Gasteiger partial charge >= 0.3 is 5.97 Å². The van der Waals surface area contributed by atoms with Crippen molar-refractivity contribution >= 4 is 11.9 Å². The Morgan fingerprint density at radius 1 is 0.409 bits per heavy atom. The maximum Gasteiger partial charge on any atom is 0.305 e. The minimum absolute atomic E-state index is 0.0144. The second-order valence-electron chi connectivity index (χ2n) is 20.3. The van der Waals surface area contributed by atoms with Crippen LogP contribution in [-0.2, 0) is 14.3 Å². The Balaban J connectivity index is 3.38. The van der Waals surface area contributed by atoms with Crippen molar-refractivity contribution in [3.05, 3.63) is 24.3 Å². The molecule has 0 aliphatic carbocycles. The van der Waals surface area contributed by atoms with Gasteiger partial charge in [0, 0.05) is 12.8 Å². The molecule has 390 valence electrons. The number of carbonyl (C=O) groups excluding carboxylic acids is 2. The number of hydrogen-bond donors (Lipinski definition) is 3. The van der Waals surface area contributed by atoms with Crippen molar-refractivity contribution in [1.29, 1.82) is 0 Å². The van der Waals surface area contributed by atoms with Crippen molar-refractivity contribution in [3.8, 4) is 0 Å². The highest BCUT2D eigenvalue weighted by molar-refractivity contribution is 5.76. The second-order valence-corrected chi connectivity index (χ2v) is 20.3. The van der Waals surface area contributed by atoms with Gasteiger partial charge in [-0.25, -0.2) is 0 Å². The number of aliphatic hydroxyl groups excluding tert-OH is 2. The molecule has 1 amide bonds. The van der Waals surface area contributed by atoms with Crippen LogP contribution in [0.3, 0.4) is 0 Å². The number of hydrogen-bond acceptors (Lipinski definition) is 5. The number of aliphatic hydroxyl groups is 2. The molecular formula is C60H115NO5. The van der Waals surface area contributed by atoms with E-state index in [0.717, 1.165) is 44.9 Å². The average molecular weight is 931 g/mol. The van der Waals surface area contributed by atoms with Crippen molar-refractivity contribution in [1.82, 2.24) is 5.32 Å². The number of carbonyl (C=O) groups is 2. The number of nitrogens with one attached hydrogen (secondary N) is 1.